The van der Waals surface area contributed by atoms with Crippen molar-refractivity contribution in [2.75, 3.05) is 0 Å². The second-order valence-electron chi connectivity index (χ2n) is 7.59. The van der Waals surface area contributed by atoms with Gasteiger partial charge in [-0.3, -0.25) is 0 Å². The highest BCUT2D eigenvalue weighted by molar-refractivity contribution is 14.0. The summed E-state index contributed by atoms with van der Waals surface area (Å²) in [7, 11) is 1.96. The van der Waals surface area contributed by atoms with Crippen molar-refractivity contribution < 1.29 is 4.52 Å². The normalized spacial score (nSPS) is 15.5. The van der Waals surface area contributed by atoms with Gasteiger partial charge in [-0.2, -0.15) is 0 Å². The Balaban J connectivity index is 0.00000280. The number of hydrogen-bond acceptors (Lipinski definition) is 5. The fourth-order valence-corrected chi connectivity index (χ4v) is 3.19. The third kappa shape index (κ3) is 6.18. The summed E-state index contributed by atoms with van der Waals surface area (Å²) >= 11 is 0. The van der Waals surface area contributed by atoms with Crippen molar-refractivity contribution in [3.05, 3.63) is 29.2 Å². The number of rotatable bonds is 6. The monoisotopic (exact) mass is 501 g/mol. The van der Waals surface area contributed by atoms with Crippen LogP contribution in [0.15, 0.2) is 15.6 Å². The zero-order valence-corrected chi connectivity index (χ0v) is 19.6. The molecule has 2 aromatic heterocycles. The molecule has 156 valence electrons. The van der Waals surface area contributed by atoms with Crippen molar-refractivity contribution in [2.45, 2.75) is 77.9 Å². The molecule has 0 amide bonds. The molecule has 0 spiro atoms. The molecule has 0 unspecified atom stereocenters. The lowest BCUT2D eigenvalue weighted by Crippen LogP contribution is -2.44. The van der Waals surface area contributed by atoms with Gasteiger partial charge in [-0.05, 0) is 25.7 Å². The van der Waals surface area contributed by atoms with Crippen LogP contribution in [0.25, 0.3) is 0 Å². The van der Waals surface area contributed by atoms with Crippen LogP contribution in [0.1, 0.15) is 75.0 Å². The van der Waals surface area contributed by atoms with E-state index >= 15 is 0 Å². The van der Waals surface area contributed by atoms with Gasteiger partial charge >= 0.3 is 0 Å². The summed E-state index contributed by atoms with van der Waals surface area (Å²) in [6.07, 6.45) is 6.24. The van der Waals surface area contributed by atoms with E-state index in [9.17, 15) is 0 Å². The molecule has 1 aliphatic rings. The van der Waals surface area contributed by atoms with E-state index in [2.05, 4.69) is 39.8 Å². The molecule has 9 heteroatoms. The molecule has 1 fully saturated rings. The van der Waals surface area contributed by atoms with Crippen LogP contribution in [0.3, 0.4) is 0 Å². The molecular formula is C19H32IN7O. The van der Waals surface area contributed by atoms with Gasteiger partial charge in [-0.25, -0.2) is 4.99 Å². The summed E-state index contributed by atoms with van der Waals surface area (Å²) in [4.78, 5) is 4.73. The van der Waals surface area contributed by atoms with E-state index in [1.54, 1.807) is 0 Å². The lowest BCUT2D eigenvalue weighted by atomic mass is 9.96. The molecule has 1 aliphatic carbocycles. The summed E-state index contributed by atoms with van der Waals surface area (Å²) in [6.45, 7) is 7.18. The van der Waals surface area contributed by atoms with E-state index in [0.29, 0.717) is 25.0 Å². The second kappa shape index (κ2) is 10.8. The quantitative estimate of drug-likeness (QED) is 0.358. The lowest BCUT2D eigenvalue weighted by Gasteiger charge is -2.24. The number of guanidine groups is 1. The van der Waals surface area contributed by atoms with Gasteiger partial charge in [-0.15, -0.1) is 34.2 Å². The molecule has 0 radical (unpaired) electrons. The Bertz CT molecular complexity index is 762. The number of aryl methyl sites for hydroxylation is 1. The average Bonchev–Trinajstić information content (AvgIpc) is 3.26. The highest BCUT2D eigenvalue weighted by Crippen LogP contribution is 2.17. The Kier molecular flexibility index (Phi) is 8.71. The molecule has 8 nitrogen and oxygen atoms in total. The fourth-order valence-electron chi connectivity index (χ4n) is 3.19. The van der Waals surface area contributed by atoms with Crippen LogP contribution < -0.4 is 10.6 Å². The van der Waals surface area contributed by atoms with E-state index in [1.165, 1.54) is 32.1 Å². The van der Waals surface area contributed by atoms with Gasteiger partial charge < -0.3 is 19.7 Å². The summed E-state index contributed by atoms with van der Waals surface area (Å²) in [6, 6.07) is 2.47. The van der Waals surface area contributed by atoms with E-state index < -0.39 is 0 Å². The van der Waals surface area contributed by atoms with E-state index in [-0.39, 0.29) is 24.0 Å². The third-order valence-corrected chi connectivity index (χ3v) is 5.11. The van der Waals surface area contributed by atoms with Crippen molar-refractivity contribution in [1.82, 2.24) is 30.6 Å². The minimum atomic E-state index is 0. The molecule has 2 N–H and O–H groups in total. The van der Waals surface area contributed by atoms with Gasteiger partial charge in [0, 0.05) is 19.2 Å². The van der Waals surface area contributed by atoms with Crippen LogP contribution in [0.4, 0.5) is 0 Å². The van der Waals surface area contributed by atoms with Gasteiger partial charge in [0.25, 0.3) is 0 Å². The van der Waals surface area contributed by atoms with Crippen molar-refractivity contribution in [3.8, 4) is 0 Å². The molecule has 3 rings (SSSR count). The molecule has 2 aromatic rings. The van der Waals surface area contributed by atoms with Gasteiger partial charge in [-0.1, -0.05) is 38.3 Å². The van der Waals surface area contributed by atoms with Crippen molar-refractivity contribution in [2.24, 2.45) is 12.0 Å². The first-order valence-corrected chi connectivity index (χ1v) is 9.88. The molecule has 0 saturated heterocycles. The third-order valence-electron chi connectivity index (χ3n) is 5.11. The largest absolute Gasteiger partial charge is 0.359 e. The Morgan fingerprint density at radius 1 is 1.29 bits per heavy atom. The predicted molar refractivity (Wildman–Crippen MR) is 120 cm³/mol. The van der Waals surface area contributed by atoms with Gasteiger partial charge in [0.1, 0.15) is 12.4 Å². The maximum absolute atomic E-state index is 5.43. The predicted octanol–water partition coefficient (Wildman–Crippen LogP) is 3.42. The van der Waals surface area contributed by atoms with Crippen LogP contribution in [0, 0.1) is 6.92 Å². The van der Waals surface area contributed by atoms with Gasteiger partial charge in [0.05, 0.1) is 12.2 Å². The molecule has 1 saturated carbocycles. The zero-order chi connectivity index (χ0) is 19.2. The summed E-state index contributed by atoms with van der Waals surface area (Å²) in [5.41, 5.74) is 0.972. The standard InChI is InChI=1S/C19H31N7O.HI/c1-13(2)17-10-16(27-25-17)11-20-19(22-15-8-6-5-7-9-15)21-12-18-24-23-14(3)26(18)4;/h10,13,15H,5-9,11-12H2,1-4H3,(H2,20,21,22);1H. The topological polar surface area (TPSA) is 93.2 Å². The minimum Gasteiger partial charge on any atom is -0.359 e. The van der Waals surface area contributed by atoms with Crippen LogP contribution in [0.5, 0.6) is 0 Å². The number of nitrogens with zero attached hydrogens (tertiary/aromatic N) is 5. The fraction of sp³-hybridized carbons (Fsp3) is 0.684. The number of halogens is 1. The summed E-state index contributed by atoms with van der Waals surface area (Å²) in [5.74, 6) is 3.68. The van der Waals surface area contributed by atoms with Crippen LogP contribution in [0.2, 0.25) is 0 Å². The van der Waals surface area contributed by atoms with Crippen LogP contribution in [-0.4, -0.2) is 31.9 Å². The molecule has 2 heterocycles. The van der Waals surface area contributed by atoms with Crippen LogP contribution >= 0.6 is 24.0 Å². The van der Waals surface area contributed by atoms with Crippen molar-refractivity contribution in [3.63, 3.8) is 0 Å². The first-order valence-electron chi connectivity index (χ1n) is 9.88. The number of nitrogens with one attached hydrogen (secondary N) is 2. The van der Waals surface area contributed by atoms with E-state index in [1.807, 2.05) is 24.6 Å². The first kappa shape index (κ1) is 22.6. The van der Waals surface area contributed by atoms with E-state index in [0.717, 1.165) is 29.1 Å². The molecule has 0 aliphatic heterocycles. The number of hydrogen-bond donors (Lipinski definition) is 2. The van der Waals surface area contributed by atoms with Gasteiger partial charge in [0.15, 0.2) is 17.5 Å². The van der Waals surface area contributed by atoms with Crippen LogP contribution in [-0.2, 0) is 20.1 Å². The molecule has 0 atom stereocenters. The highest BCUT2D eigenvalue weighted by Gasteiger charge is 2.16. The lowest BCUT2D eigenvalue weighted by molar-refractivity contribution is 0.370. The Hall–Kier alpha value is -1.65. The summed E-state index contributed by atoms with van der Waals surface area (Å²) < 4.78 is 7.40. The molecule has 0 bridgehead atoms. The maximum Gasteiger partial charge on any atom is 0.192 e. The first-order chi connectivity index (χ1) is 13.0. The summed E-state index contributed by atoms with van der Waals surface area (Å²) in [5, 5.41) is 19.4. The maximum atomic E-state index is 5.43. The molecule has 0 aromatic carbocycles. The smallest absolute Gasteiger partial charge is 0.192 e. The Morgan fingerprint density at radius 2 is 2.04 bits per heavy atom. The van der Waals surface area contributed by atoms with Crippen molar-refractivity contribution in [1.29, 1.82) is 0 Å². The zero-order valence-electron chi connectivity index (χ0n) is 17.2. The molecular weight excluding hydrogens is 469 g/mol. The SMILES string of the molecule is Cc1nnc(CN=C(NCc2cc(C(C)C)no2)NC2CCCCC2)n1C.I. The average molecular weight is 501 g/mol. The number of aliphatic imine (C=N–C) groups is 1. The molecule has 28 heavy (non-hydrogen) atoms. The second-order valence-corrected chi connectivity index (χ2v) is 7.59. The highest BCUT2D eigenvalue weighted by atomic mass is 127. The van der Waals surface area contributed by atoms with Gasteiger partial charge in [0.2, 0.25) is 0 Å². The minimum absolute atomic E-state index is 0. The van der Waals surface area contributed by atoms with Crippen molar-refractivity contribution >= 4 is 29.9 Å². The Labute approximate surface area is 184 Å². The number of aromatic nitrogens is 4. The Morgan fingerprint density at radius 3 is 2.64 bits per heavy atom. The van der Waals surface area contributed by atoms with E-state index in [4.69, 9.17) is 9.52 Å².